The normalized spacial score (nSPS) is 15.1. The molecular weight excluding hydrogens is 468 g/mol. The van der Waals surface area contributed by atoms with Crippen LogP contribution in [0.1, 0.15) is 47.1 Å². The van der Waals surface area contributed by atoms with Crippen LogP contribution in [0.5, 0.6) is 0 Å². The van der Waals surface area contributed by atoms with Crippen LogP contribution in [-0.4, -0.2) is 23.9 Å². The van der Waals surface area contributed by atoms with Crippen molar-refractivity contribution in [3.8, 4) is 6.07 Å². The lowest BCUT2D eigenvalue weighted by Gasteiger charge is -2.45. The zero-order chi connectivity index (χ0) is 25.7. The quantitative estimate of drug-likeness (QED) is 0.438. The number of nitriles is 1. The van der Waals surface area contributed by atoms with Gasteiger partial charge in [0, 0.05) is 0 Å². The van der Waals surface area contributed by atoms with Gasteiger partial charge < -0.3 is 4.43 Å². The van der Waals surface area contributed by atoms with E-state index < -0.39 is 29.6 Å². The molecular formula is C29H36N2O2SSi. The fourth-order valence-corrected chi connectivity index (χ4v) is 9.74. The van der Waals surface area contributed by atoms with Crippen molar-refractivity contribution < 1.29 is 8.63 Å². The molecule has 0 unspecified atom stereocenters. The molecule has 3 aromatic carbocycles. The van der Waals surface area contributed by atoms with Crippen LogP contribution in [0, 0.1) is 11.3 Å². The zero-order valence-electron chi connectivity index (χ0n) is 21.5. The second-order valence-corrected chi connectivity index (χ2v) is 17.1. The Morgan fingerprint density at radius 1 is 0.800 bits per heavy atom. The summed E-state index contributed by atoms with van der Waals surface area (Å²) in [4.78, 5) is 0. The highest BCUT2D eigenvalue weighted by molar-refractivity contribution is 7.84. The molecule has 0 aliphatic heterocycles. The largest absolute Gasteiger partial charge is 0.404 e. The number of hydrogen-bond acceptors (Lipinski definition) is 3. The summed E-state index contributed by atoms with van der Waals surface area (Å²) >= 11 is 0. The number of rotatable bonds is 8. The minimum absolute atomic E-state index is 0.0581. The molecule has 4 nitrogen and oxygen atoms in total. The molecule has 0 fully saturated rings. The summed E-state index contributed by atoms with van der Waals surface area (Å²) in [6.45, 7) is 12.4. The van der Waals surface area contributed by atoms with E-state index in [4.69, 9.17) is 4.43 Å². The highest BCUT2D eigenvalue weighted by Gasteiger charge is 2.52. The van der Waals surface area contributed by atoms with E-state index in [-0.39, 0.29) is 11.6 Å². The van der Waals surface area contributed by atoms with Gasteiger partial charge in [-0.25, -0.2) is 8.93 Å². The zero-order valence-corrected chi connectivity index (χ0v) is 23.4. The Hall–Kier alpha value is -2.56. The smallest absolute Gasteiger partial charge is 0.261 e. The fraction of sp³-hybridized carbons (Fsp3) is 0.345. The van der Waals surface area contributed by atoms with E-state index in [1.165, 1.54) is 0 Å². The first-order valence-electron chi connectivity index (χ1n) is 11.9. The highest BCUT2D eigenvalue weighted by Crippen LogP contribution is 2.38. The van der Waals surface area contributed by atoms with Gasteiger partial charge in [-0.2, -0.15) is 5.26 Å². The summed E-state index contributed by atoms with van der Waals surface area (Å²) in [7, 11) is -4.38. The molecule has 3 aromatic rings. The first-order valence-corrected chi connectivity index (χ1v) is 14.9. The second kappa shape index (κ2) is 10.6. The Morgan fingerprint density at radius 2 is 1.23 bits per heavy atom. The maximum Gasteiger partial charge on any atom is 0.261 e. The van der Waals surface area contributed by atoms with Crippen LogP contribution in [0.25, 0.3) is 0 Å². The Kier molecular flexibility index (Phi) is 8.18. The SMILES string of the molecule is CC(C)(C)[S@@](=O)N[C@](C#N)(CO[Si](c1ccccc1)(c1ccccc1)C(C)(C)C)c1ccccc1. The van der Waals surface area contributed by atoms with Crippen LogP contribution in [0.2, 0.25) is 5.04 Å². The number of nitrogens with zero attached hydrogens (tertiary/aromatic N) is 1. The van der Waals surface area contributed by atoms with Crippen molar-refractivity contribution >= 4 is 29.7 Å². The van der Waals surface area contributed by atoms with Crippen molar-refractivity contribution in [3.05, 3.63) is 96.6 Å². The Bertz CT molecular complexity index is 1130. The highest BCUT2D eigenvalue weighted by atomic mass is 32.2. The summed E-state index contributed by atoms with van der Waals surface area (Å²) in [5, 5.41) is 12.6. The topological polar surface area (TPSA) is 62.1 Å². The van der Waals surface area contributed by atoms with Gasteiger partial charge in [-0.3, -0.25) is 0 Å². The lowest BCUT2D eigenvalue weighted by atomic mass is 9.94. The van der Waals surface area contributed by atoms with Gasteiger partial charge in [0.15, 0.2) is 5.54 Å². The van der Waals surface area contributed by atoms with Crippen LogP contribution in [0.15, 0.2) is 91.0 Å². The van der Waals surface area contributed by atoms with Gasteiger partial charge in [0.05, 0.1) is 28.4 Å². The fourth-order valence-electron chi connectivity index (χ4n) is 4.30. The molecule has 0 heterocycles. The molecule has 1 N–H and O–H groups in total. The van der Waals surface area contributed by atoms with Crippen molar-refractivity contribution in [1.29, 1.82) is 5.26 Å². The molecule has 0 saturated carbocycles. The summed E-state index contributed by atoms with van der Waals surface area (Å²) in [5.41, 5.74) is -0.551. The van der Waals surface area contributed by atoms with E-state index in [2.05, 4.69) is 55.8 Å². The number of hydrogen-bond donors (Lipinski definition) is 1. The van der Waals surface area contributed by atoms with Gasteiger partial charge in [-0.05, 0) is 41.7 Å². The predicted molar refractivity (Wildman–Crippen MR) is 148 cm³/mol. The van der Waals surface area contributed by atoms with Crippen LogP contribution >= 0.6 is 0 Å². The average Bonchev–Trinajstić information content (AvgIpc) is 2.84. The van der Waals surface area contributed by atoms with Crippen LogP contribution in [-0.2, 0) is 21.0 Å². The predicted octanol–water partition coefficient (Wildman–Crippen LogP) is 5.03. The monoisotopic (exact) mass is 504 g/mol. The van der Waals surface area contributed by atoms with Crippen LogP contribution < -0.4 is 15.1 Å². The summed E-state index contributed by atoms with van der Waals surface area (Å²) < 4.78 is 23.0. The Labute approximate surface area is 214 Å². The van der Waals surface area contributed by atoms with E-state index in [0.717, 1.165) is 15.9 Å². The summed E-state index contributed by atoms with van der Waals surface area (Å²) in [5.74, 6) is 0. The molecule has 0 saturated heterocycles. The third kappa shape index (κ3) is 5.65. The minimum atomic E-state index is -2.90. The number of benzene rings is 3. The van der Waals surface area contributed by atoms with Gasteiger partial charge in [0.1, 0.15) is 0 Å². The molecule has 0 spiro atoms. The van der Waals surface area contributed by atoms with Crippen molar-refractivity contribution in [3.63, 3.8) is 0 Å². The molecule has 3 rings (SSSR count). The molecule has 0 aliphatic rings. The van der Waals surface area contributed by atoms with E-state index in [1.54, 1.807) is 0 Å². The summed E-state index contributed by atoms with van der Waals surface area (Å²) in [6, 6.07) is 32.6. The first kappa shape index (κ1) is 27.0. The maximum atomic E-state index is 13.3. The van der Waals surface area contributed by atoms with Gasteiger partial charge in [-0.15, -0.1) is 0 Å². The lowest BCUT2D eigenvalue weighted by molar-refractivity contribution is 0.230. The van der Waals surface area contributed by atoms with E-state index >= 15 is 0 Å². The van der Waals surface area contributed by atoms with Crippen molar-refractivity contribution in [1.82, 2.24) is 4.72 Å². The van der Waals surface area contributed by atoms with Gasteiger partial charge >= 0.3 is 0 Å². The second-order valence-electron chi connectivity index (χ2n) is 10.8. The maximum absolute atomic E-state index is 13.3. The molecule has 0 bridgehead atoms. The Morgan fingerprint density at radius 3 is 1.60 bits per heavy atom. The molecule has 184 valence electrons. The van der Waals surface area contributed by atoms with E-state index in [9.17, 15) is 9.47 Å². The van der Waals surface area contributed by atoms with E-state index in [1.807, 2.05) is 87.5 Å². The molecule has 0 aliphatic carbocycles. The average molecular weight is 505 g/mol. The molecule has 0 aromatic heterocycles. The lowest BCUT2D eigenvalue weighted by Crippen LogP contribution is -2.68. The van der Waals surface area contributed by atoms with Gasteiger partial charge in [0.2, 0.25) is 0 Å². The van der Waals surface area contributed by atoms with Crippen LogP contribution in [0.3, 0.4) is 0 Å². The minimum Gasteiger partial charge on any atom is -0.404 e. The van der Waals surface area contributed by atoms with Gasteiger partial charge in [-0.1, -0.05) is 112 Å². The molecule has 0 radical (unpaired) electrons. The molecule has 2 atom stereocenters. The van der Waals surface area contributed by atoms with Crippen LogP contribution in [0.4, 0.5) is 0 Å². The first-order chi connectivity index (χ1) is 16.5. The third-order valence-electron chi connectivity index (χ3n) is 6.20. The number of nitrogens with one attached hydrogen (secondary N) is 1. The molecule has 6 heteroatoms. The van der Waals surface area contributed by atoms with Gasteiger partial charge in [0.25, 0.3) is 8.32 Å². The molecule has 0 amide bonds. The Balaban J connectivity index is 2.19. The van der Waals surface area contributed by atoms with E-state index in [0.29, 0.717) is 0 Å². The van der Waals surface area contributed by atoms with Crippen molar-refractivity contribution in [2.24, 2.45) is 0 Å². The van der Waals surface area contributed by atoms with Crippen molar-refractivity contribution in [2.75, 3.05) is 6.61 Å². The van der Waals surface area contributed by atoms with Crippen molar-refractivity contribution in [2.45, 2.75) is 56.9 Å². The standard InChI is InChI=1S/C29H36N2O2SSi/c1-27(2,3)34(32)31-29(22-30,24-16-10-7-11-17-24)23-33-35(28(4,5)6,25-18-12-8-13-19-25)26-20-14-9-15-21-26/h7-21,31H,23H2,1-6H3/t29-,34-/m1/s1. The third-order valence-corrected chi connectivity index (χ3v) is 12.8. The summed E-state index contributed by atoms with van der Waals surface area (Å²) in [6.07, 6.45) is 0. The molecule has 35 heavy (non-hydrogen) atoms.